The van der Waals surface area contributed by atoms with Crippen molar-refractivity contribution in [2.24, 2.45) is 0 Å². The van der Waals surface area contributed by atoms with Crippen LogP contribution in [0.2, 0.25) is 0 Å². The Balaban J connectivity index is 1.73. The summed E-state index contributed by atoms with van der Waals surface area (Å²) in [6.07, 6.45) is 4.89. The van der Waals surface area contributed by atoms with Crippen molar-refractivity contribution in [3.63, 3.8) is 0 Å². The van der Waals surface area contributed by atoms with Crippen molar-refractivity contribution >= 4 is 0 Å². The Bertz CT molecular complexity index is 450. The van der Waals surface area contributed by atoms with Gasteiger partial charge in [0.1, 0.15) is 5.75 Å². The Morgan fingerprint density at radius 1 is 1.00 bits per heavy atom. The van der Waals surface area contributed by atoms with E-state index in [1.54, 1.807) is 0 Å². The third-order valence-electron chi connectivity index (χ3n) is 4.53. The van der Waals surface area contributed by atoms with Gasteiger partial charge in [-0.2, -0.15) is 0 Å². The van der Waals surface area contributed by atoms with Gasteiger partial charge in [0.15, 0.2) is 0 Å². The normalized spacial score (nSPS) is 21.3. The summed E-state index contributed by atoms with van der Waals surface area (Å²) in [6, 6.07) is 4.27. The molecule has 3 nitrogen and oxygen atoms in total. The fourth-order valence-electron chi connectivity index (χ4n) is 3.20. The Morgan fingerprint density at radius 3 is 2.32 bits per heavy atom. The van der Waals surface area contributed by atoms with Crippen LogP contribution in [0.25, 0.3) is 0 Å². The van der Waals surface area contributed by atoms with Crippen molar-refractivity contribution in [3.05, 3.63) is 28.8 Å². The molecule has 1 N–H and O–H groups in total. The van der Waals surface area contributed by atoms with E-state index >= 15 is 0 Å². The van der Waals surface area contributed by atoms with Crippen LogP contribution in [0.15, 0.2) is 12.1 Å². The Kier molecular flexibility index (Phi) is 3.76. The molecule has 0 spiro atoms. The minimum Gasteiger partial charge on any atom is -0.508 e. The van der Waals surface area contributed by atoms with Crippen LogP contribution in [-0.2, 0) is 19.4 Å². The third-order valence-corrected chi connectivity index (χ3v) is 4.53. The molecule has 0 radical (unpaired) electrons. The summed E-state index contributed by atoms with van der Waals surface area (Å²) in [7, 11) is 2.17. The summed E-state index contributed by atoms with van der Waals surface area (Å²) in [6.45, 7) is 5.37. The number of phenolic OH excluding ortho intramolecular Hbond substituents is 1. The summed E-state index contributed by atoms with van der Waals surface area (Å²) in [4.78, 5) is 4.81. The molecule has 104 valence electrons. The van der Waals surface area contributed by atoms with Crippen LogP contribution < -0.4 is 0 Å². The second kappa shape index (κ2) is 5.51. The first-order chi connectivity index (χ1) is 9.22. The van der Waals surface area contributed by atoms with Crippen LogP contribution in [-0.4, -0.2) is 48.1 Å². The Morgan fingerprint density at radius 2 is 1.63 bits per heavy atom. The van der Waals surface area contributed by atoms with E-state index in [1.165, 1.54) is 30.4 Å². The lowest BCUT2D eigenvalue weighted by atomic mass is 9.90. The highest BCUT2D eigenvalue weighted by atomic mass is 16.3. The molecule has 0 saturated carbocycles. The maximum absolute atomic E-state index is 10.2. The van der Waals surface area contributed by atoms with Crippen LogP contribution in [0.1, 0.15) is 29.5 Å². The first-order valence-electron chi connectivity index (χ1n) is 7.47. The first kappa shape index (κ1) is 12.9. The number of likely N-dealkylation sites (N-methyl/N-ethyl adjacent to an activating group) is 1. The average Bonchev–Trinajstić information content (AvgIpc) is 2.42. The molecule has 0 unspecified atom stereocenters. The zero-order valence-electron chi connectivity index (χ0n) is 11.9. The molecule has 3 heteroatoms. The monoisotopic (exact) mass is 260 g/mol. The van der Waals surface area contributed by atoms with Crippen LogP contribution in [0.3, 0.4) is 0 Å². The average molecular weight is 260 g/mol. The van der Waals surface area contributed by atoms with Crippen molar-refractivity contribution in [2.75, 3.05) is 33.2 Å². The van der Waals surface area contributed by atoms with Gasteiger partial charge in [0.05, 0.1) is 0 Å². The molecule has 1 aromatic carbocycles. The lowest BCUT2D eigenvalue weighted by Gasteiger charge is -2.32. The zero-order valence-corrected chi connectivity index (χ0v) is 11.9. The molecule has 1 aliphatic heterocycles. The number of aromatic hydroxyl groups is 1. The number of benzene rings is 1. The molecule has 0 amide bonds. The van der Waals surface area contributed by atoms with Gasteiger partial charge in [0, 0.05) is 38.3 Å². The predicted molar refractivity (Wildman–Crippen MR) is 77.5 cm³/mol. The van der Waals surface area contributed by atoms with Gasteiger partial charge < -0.3 is 10.0 Å². The predicted octanol–water partition coefficient (Wildman–Crippen LogP) is 2.02. The number of nitrogens with zero attached hydrogens (tertiary/aromatic N) is 2. The van der Waals surface area contributed by atoms with Crippen molar-refractivity contribution in [3.8, 4) is 5.75 Å². The fraction of sp³-hybridized carbons (Fsp3) is 0.625. The number of piperazine rings is 1. The van der Waals surface area contributed by atoms with Gasteiger partial charge in [0.25, 0.3) is 0 Å². The van der Waals surface area contributed by atoms with E-state index in [0.29, 0.717) is 5.75 Å². The number of aryl methyl sites for hydroxylation is 2. The number of fused-ring (bicyclic) bond motifs is 1. The van der Waals surface area contributed by atoms with E-state index in [4.69, 9.17) is 0 Å². The van der Waals surface area contributed by atoms with Crippen molar-refractivity contribution in [1.82, 2.24) is 9.80 Å². The molecular formula is C16H24N2O. The SMILES string of the molecule is CN1CCN(Cc2cc3c(cc2O)CCCC3)CC1. The maximum atomic E-state index is 10.2. The van der Waals surface area contributed by atoms with E-state index in [2.05, 4.69) is 22.9 Å². The maximum Gasteiger partial charge on any atom is 0.120 e. The summed E-state index contributed by atoms with van der Waals surface area (Å²) in [5, 5.41) is 10.2. The molecule has 2 aliphatic rings. The highest BCUT2D eigenvalue weighted by Crippen LogP contribution is 2.29. The van der Waals surface area contributed by atoms with Crippen molar-refractivity contribution in [2.45, 2.75) is 32.2 Å². The molecule has 1 fully saturated rings. The van der Waals surface area contributed by atoms with E-state index in [-0.39, 0.29) is 0 Å². The number of phenols is 1. The molecular weight excluding hydrogens is 236 g/mol. The third kappa shape index (κ3) is 2.93. The second-order valence-corrected chi connectivity index (χ2v) is 6.04. The van der Waals surface area contributed by atoms with Gasteiger partial charge in [-0.25, -0.2) is 0 Å². The smallest absolute Gasteiger partial charge is 0.120 e. The molecule has 0 bridgehead atoms. The largest absolute Gasteiger partial charge is 0.508 e. The molecule has 0 aromatic heterocycles. The van der Waals surface area contributed by atoms with Gasteiger partial charge in [-0.3, -0.25) is 4.90 Å². The summed E-state index contributed by atoms with van der Waals surface area (Å²) in [5.41, 5.74) is 3.95. The number of hydrogen-bond acceptors (Lipinski definition) is 3. The molecule has 1 heterocycles. The van der Waals surface area contributed by atoms with Crippen LogP contribution in [0.5, 0.6) is 5.75 Å². The van der Waals surface area contributed by atoms with E-state index in [1.807, 2.05) is 6.07 Å². The van der Waals surface area contributed by atoms with E-state index in [0.717, 1.165) is 44.7 Å². The van der Waals surface area contributed by atoms with Crippen LogP contribution in [0, 0.1) is 0 Å². The van der Waals surface area contributed by atoms with Gasteiger partial charge in [-0.05, 0) is 49.9 Å². The second-order valence-electron chi connectivity index (χ2n) is 6.04. The molecule has 1 aliphatic carbocycles. The molecule has 3 rings (SSSR count). The molecule has 1 aromatic rings. The molecule has 0 atom stereocenters. The van der Waals surface area contributed by atoms with Gasteiger partial charge >= 0.3 is 0 Å². The summed E-state index contributed by atoms with van der Waals surface area (Å²) < 4.78 is 0. The van der Waals surface area contributed by atoms with Crippen LogP contribution >= 0.6 is 0 Å². The Hall–Kier alpha value is -1.06. The highest BCUT2D eigenvalue weighted by molar-refractivity contribution is 5.43. The topological polar surface area (TPSA) is 26.7 Å². The minimum atomic E-state index is 0.500. The summed E-state index contributed by atoms with van der Waals surface area (Å²) >= 11 is 0. The number of rotatable bonds is 2. The lowest BCUT2D eigenvalue weighted by Crippen LogP contribution is -2.43. The number of hydrogen-bond donors (Lipinski definition) is 1. The van der Waals surface area contributed by atoms with Gasteiger partial charge in [-0.15, -0.1) is 0 Å². The first-order valence-corrected chi connectivity index (χ1v) is 7.47. The standard InChI is InChI=1S/C16H24N2O/c1-17-6-8-18(9-7-17)12-15-10-13-4-2-3-5-14(13)11-16(15)19/h10-11,19H,2-9,12H2,1H3. The zero-order chi connectivity index (χ0) is 13.2. The molecule has 19 heavy (non-hydrogen) atoms. The van der Waals surface area contributed by atoms with Gasteiger partial charge in [0.2, 0.25) is 0 Å². The fourth-order valence-corrected chi connectivity index (χ4v) is 3.20. The van der Waals surface area contributed by atoms with Crippen molar-refractivity contribution < 1.29 is 5.11 Å². The molecule has 1 saturated heterocycles. The minimum absolute atomic E-state index is 0.500. The lowest BCUT2D eigenvalue weighted by molar-refractivity contribution is 0.147. The van der Waals surface area contributed by atoms with E-state index in [9.17, 15) is 5.11 Å². The Labute approximate surface area is 115 Å². The van der Waals surface area contributed by atoms with Gasteiger partial charge in [-0.1, -0.05) is 6.07 Å². The van der Waals surface area contributed by atoms with E-state index < -0.39 is 0 Å². The highest BCUT2D eigenvalue weighted by Gasteiger charge is 2.17. The van der Waals surface area contributed by atoms with Crippen molar-refractivity contribution in [1.29, 1.82) is 0 Å². The summed E-state index contributed by atoms with van der Waals surface area (Å²) in [5.74, 6) is 0.500. The quantitative estimate of drug-likeness (QED) is 0.881. The van der Waals surface area contributed by atoms with Crippen LogP contribution in [0.4, 0.5) is 0 Å².